The Labute approximate surface area is 96.7 Å². The van der Waals surface area contributed by atoms with E-state index in [9.17, 15) is 0 Å². The van der Waals surface area contributed by atoms with E-state index in [0.29, 0.717) is 6.04 Å². The second-order valence-corrected chi connectivity index (χ2v) is 5.67. The topological polar surface area (TPSA) is 12.0 Å². The lowest BCUT2D eigenvalue weighted by Crippen LogP contribution is -2.34. The van der Waals surface area contributed by atoms with Gasteiger partial charge >= 0.3 is 0 Å². The minimum absolute atomic E-state index is 0.553. The molecule has 0 aromatic heterocycles. The second-order valence-electron chi connectivity index (χ2n) is 4.20. The van der Waals surface area contributed by atoms with Crippen LogP contribution in [0, 0.1) is 0 Å². The van der Waals surface area contributed by atoms with Crippen molar-refractivity contribution in [2.75, 3.05) is 12.3 Å². The summed E-state index contributed by atoms with van der Waals surface area (Å²) in [6, 6.07) is 9.59. The molecule has 1 aliphatic rings. The molecule has 1 aliphatic heterocycles. The maximum atomic E-state index is 3.60. The zero-order valence-corrected chi connectivity index (χ0v) is 10.3. The summed E-state index contributed by atoms with van der Waals surface area (Å²) in [5.74, 6) is 1.20. The maximum absolute atomic E-state index is 3.60. The zero-order chi connectivity index (χ0) is 10.7. The molecule has 1 nitrogen and oxygen atoms in total. The van der Waals surface area contributed by atoms with Gasteiger partial charge in [-0.15, -0.1) is 0 Å². The normalized spacial score (nSPS) is 26.5. The number of rotatable bonds is 2. The van der Waals surface area contributed by atoms with Crippen LogP contribution in [0.5, 0.6) is 0 Å². The van der Waals surface area contributed by atoms with Crippen LogP contribution in [0.4, 0.5) is 0 Å². The van der Waals surface area contributed by atoms with Crippen LogP contribution >= 0.6 is 11.8 Å². The molecule has 0 bridgehead atoms. The minimum atomic E-state index is 0.553. The SMILES string of the molecule is CCc1ccc(C2CSC(C)CN2)cc1. The van der Waals surface area contributed by atoms with Crippen molar-refractivity contribution in [3.63, 3.8) is 0 Å². The Kier molecular flexibility index (Phi) is 3.71. The third kappa shape index (κ3) is 2.76. The van der Waals surface area contributed by atoms with E-state index in [1.165, 1.54) is 16.9 Å². The van der Waals surface area contributed by atoms with Crippen LogP contribution in [-0.2, 0) is 6.42 Å². The Bertz CT molecular complexity index is 299. The Balaban J connectivity index is 2.03. The number of nitrogens with one attached hydrogen (secondary N) is 1. The van der Waals surface area contributed by atoms with E-state index in [-0.39, 0.29) is 0 Å². The van der Waals surface area contributed by atoms with Crippen molar-refractivity contribution in [1.82, 2.24) is 5.32 Å². The molecule has 0 spiro atoms. The molecule has 1 aromatic rings. The summed E-state index contributed by atoms with van der Waals surface area (Å²) in [5.41, 5.74) is 2.86. The van der Waals surface area contributed by atoms with Crippen molar-refractivity contribution in [3.05, 3.63) is 35.4 Å². The number of hydrogen-bond donors (Lipinski definition) is 1. The summed E-state index contributed by atoms with van der Waals surface area (Å²) in [6.07, 6.45) is 1.13. The summed E-state index contributed by atoms with van der Waals surface area (Å²) in [5, 5.41) is 4.36. The van der Waals surface area contributed by atoms with Gasteiger partial charge in [0.15, 0.2) is 0 Å². The van der Waals surface area contributed by atoms with Crippen LogP contribution in [0.15, 0.2) is 24.3 Å². The van der Waals surface area contributed by atoms with Gasteiger partial charge in [0.05, 0.1) is 0 Å². The van der Waals surface area contributed by atoms with Gasteiger partial charge in [0.1, 0.15) is 0 Å². The minimum Gasteiger partial charge on any atom is -0.308 e. The van der Waals surface area contributed by atoms with Crippen molar-refractivity contribution in [2.45, 2.75) is 31.6 Å². The van der Waals surface area contributed by atoms with Gasteiger partial charge in [0, 0.05) is 23.6 Å². The highest BCUT2D eigenvalue weighted by atomic mass is 32.2. The highest BCUT2D eigenvalue weighted by molar-refractivity contribution is 8.00. The van der Waals surface area contributed by atoms with Crippen LogP contribution in [-0.4, -0.2) is 17.5 Å². The molecular formula is C13H19NS. The van der Waals surface area contributed by atoms with Crippen molar-refractivity contribution in [3.8, 4) is 0 Å². The quantitative estimate of drug-likeness (QED) is 0.824. The lowest BCUT2D eigenvalue weighted by molar-refractivity contribution is 0.563. The standard InChI is InChI=1S/C13H19NS/c1-3-11-4-6-12(7-5-11)13-9-15-10(2)8-14-13/h4-7,10,13-14H,3,8-9H2,1-2H3. The fourth-order valence-corrected chi connectivity index (χ4v) is 2.93. The molecule has 1 fully saturated rings. The van der Waals surface area contributed by atoms with E-state index in [1.807, 2.05) is 0 Å². The summed E-state index contributed by atoms with van der Waals surface area (Å²) >= 11 is 2.07. The molecule has 1 N–H and O–H groups in total. The van der Waals surface area contributed by atoms with Gasteiger partial charge in [-0.1, -0.05) is 38.1 Å². The molecule has 0 saturated carbocycles. The smallest absolute Gasteiger partial charge is 0.0412 e. The summed E-state index contributed by atoms with van der Waals surface area (Å²) in [6.45, 7) is 5.62. The number of benzene rings is 1. The molecule has 2 atom stereocenters. The first kappa shape index (κ1) is 11.0. The lowest BCUT2D eigenvalue weighted by Gasteiger charge is -2.27. The molecule has 2 unspecified atom stereocenters. The Morgan fingerprint density at radius 1 is 1.33 bits per heavy atom. The van der Waals surface area contributed by atoms with Crippen molar-refractivity contribution < 1.29 is 0 Å². The fourth-order valence-electron chi connectivity index (χ4n) is 1.89. The first-order valence-corrected chi connectivity index (χ1v) is 6.78. The van der Waals surface area contributed by atoms with Crippen molar-refractivity contribution in [1.29, 1.82) is 0 Å². The summed E-state index contributed by atoms with van der Waals surface area (Å²) in [7, 11) is 0. The highest BCUT2D eigenvalue weighted by Crippen LogP contribution is 2.25. The van der Waals surface area contributed by atoms with E-state index < -0.39 is 0 Å². The molecule has 1 aromatic carbocycles. The average Bonchev–Trinajstić information content (AvgIpc) is 2.30. The molecule has 1 saturated heterocycles. The van der Waals surface area contributed by atoms with Gasteiger partial charge in [-0.2, -0.15) is 11.8 Å². The molecule has 15 heavy (non-hydrogen) atoms. The number of thioether (sulfide) groups is 1. The van der Waals surface area contributed by atoms with Gasteiger partial charge in [-0.05, 0) is 17.5 Å². The highest BCUT2D eigenvalue weighted by Gasteiger charge is 2.18. The third-order valence-corrected chi connectivity index (χ3v) is 4.25. The predicted octanol–water partition coefficient (Wildman–Crippen LogP) is 3.02. The zero-order valence-electron chi connectivity index (χ0n) is 9.49. The first-order valence-electron chi connectivity index (χ1n) is 5.73. The van der Waals surface area contributed by atoms with Crippen LogP contribution < -0.4 is 5.32 Å². The molecular weight excluding hydrogens is 202 g/mol. The number of aryl methyl sites for hydroxylation is 1. The van der Waals surface area contributed by atoms with Gasteiger partial charge in [0.2, 0.25) is 0 Å². The Morgan fingerprint density at radius 2 is 2.07 bits per heavy atom. The molecule has 2 rings (SSSR count). The van der Waals surface area contributed by atoms with Gasteiger partial charge in [-0.25, -0.2) is 0 Å². The lowest BCUT2D eigenvalue weighted by atomic mass is 10.0. The van der Waals surface area contributed by atoms with E-state index in [4.69, 9.17) is 0 Å². The summed E-state index contributed by atoms with van der Waals surface area (Å²) in [4.78, 5) is 0. The Morgan fingerprint density at radius 3 is 2.60 bits per heavy atom. The van der Waals surface area contributed by atoms with Crippen LogP contribution in [0.25, 0.3) is 0 Å². The van der Waals surface area contributed by atoms with Crippen LogP contribution in [0.3, 0.4) is 0 Å². The monoisotopic (exact) mass is 221 g/mol. The van der Waals surface area contributed by atoms with Gasteiger partial charge < -0.3 is 5.32 Å². The molecule has 0 radical (unpaired) electrons. The Hall–Kier alpha value is -0.470. The van der Waals surface area contributed by atoms with Gasteiger partial charge in [-0.3, -0.25) is 0 Å². The van der Waals surface area contributed by atoms with Crippen molar-refractivity contribution in [2.24, 2.45) is 0 Å². The molecule has 1 heterocycles. The van der Waals surface area contributed by atoms with Gasteiger partial charge in [0.25, 0.3) is 0 Å². The maximum Gasteiger partial charge on any atom is 0.0412 e. The van der Waals surface area contributed by atoms with E-state index in [0.717, 1.165) is 18.2 Å². The third-order valence-electron chi connectivity index (χ3n) is 2.99. The average molecular weight is 221 g/mol. The first-order chi connectivity index (χ1) is 7.29. The van der Waals surface area contributed by atoms with E-state index >= 15 is 0 Å². The van der Waals surface area contributed by atoms with E-state index in [1.54, 1.807) is 0 Å². The second kappa shape index (κ2) is 5.04. The predicted molar refractivity (Wildman–Crippen MR) is 68.5 cm³/mol. The molecule has 0 amide bonds. The van der Waals surface area contributed by atoms with Crippen LogP contribution in [0.1, 0.15) is 31.0 Å². The largest absolute Gasteiger partial charge is 0.308 e. The molecule has 2 heteroatoms. The summed E-state index contributed by atoms with van der Waals surface area (Å²) < 4.78 is 0. The number of hydrogen-bond acceptors (Lipinski definition) is 2. The van der Waals surface area contributed by atoms with Crippen LogP contribution in [0.2, 0.25) is 0 Å². The van der Waals surface area contributed by atoms with E-state index in [2.05, 4.69) is 55.2 Å². The fraction of sp³-hybridized carbons (Fsp3) is 0.538. The molecule has 82 valence electrons. The molecule has 0 aliphatic carbocycles. The van der Waals surface area contributed by atoms with Crippen molar-refractivity contribution >= 4 is 11.8 Å².